The molecular weight excluding hydrogens is 280 g/mol. The molecule has 8 heteroatoms. The van der Waals surface area contributed by atoms with Crippen LogP contribution >= 0.6 is 0 Å². The molecule has 0 unspecified atom stereocenters. The average molecular weight is 296 g/mol. The van der Waals surface area contributed by atoms with E-state index >= 15 is 0 Å². The molecule has 4 N–H and O–H groups in total. The largest absolute Gasteiger partial charge is 0.492 e. The summed E-state index contributed by atoms with van der Waals surface area (Å²) in [6, 6.07) is 8.48. The van der Waals surface area contributed by atoms with Crippen LogP contribution < -0.4 is 15.2 Å². The van der Waals surface area contributed by atoms with Gasteiger partial charge < -0.3 is 10.5 Å². The number of benzene rings is 1. The minimum absolute atomic E-state index is 0.0717. The number of H-pyrrole nitrogens is 1. The van der Waals surface area contributed by atoms with Crippen molar-refractivity contribution in [1.82, 2.24) is 14.9 Å². The van der Waals surface area contributed by atoms with Gasteiger partial charge in [-0.2, -0.15) is 5.10 Å². The minimum atomic E-state index is -3.38. The standard InChI is InChI=1S/C12H16N4O3S/c13-10-1-3-12(4-2-10)19-7-8-20(17,18)15-9-11-5-6-14-16-11/h1-6,15H,7-9,13H2,(H,14,16). The first-order valence-electron chi connectivity index (χ1n) is 5.99. The number of aromatic amines is 1. The summed E-state index contributed by atoms with van der Waals surface area (Å²) in [5.41, 5.74) is 6.87. The summed E-state index contributed by atoms with van der Waals surface area (Å²) in [6.07, 6.45) is 1.56. The lowest BCUT2D eigenvalue weighted by molar-refractivity contribution is 0.340. The number of aromatic nitrogens is 2. The fraction of sp³-hybridized carbons (Fsp3) is 0.250. The van der Waals surface area contributed by atoms with Gasteiger partial charge in [0.15, 0.2) is 0 Å². The zero-order chi connectivity index (χ0) is 14.4. The van der Waals surface area contributed by atoms with Crippen LogP contribution in [0, 0.1) is 0 Å². The van der Waals surface area contributed by atoms with Crippen LogP contribution in [-0.2, 0) is 16.6 Å². The number of hydrogen-bond acceptors (Lipinski definition) is 5. The first-order valence-corrected chi connectivity index (χ1v) is 7.64. The van der Waals surface area contributed by atoms with Gasteiger partial charge in [-0.15, -0.1) is 0 Å². The van der Waals surface area contributed by atoms with Crippen molar-refractivity contribution in [2.45, 2.75) is 6.54 Å². The van der Waals surface area contributed by atoms with Crippen molar-refractivity contribution in [3.05, 3.63) is 42.2 Å². The van der Waals surface area contributed by atoms with Crippen LogP contribution in [-0.4, -0.2) is 31.0 Å². The lowest BCUT2D eigenvalue weighted by atomic mass is 10.3. The second kappa shape index (κ2) is 6.40. The number of hydrogen-bond donors (Lipinski definition) is 3. The van der Waals surface area contributed by atoms with Gasteiger partial charge in [-0.05, 0) is 30.3 Å². The van der Waals surface area contributed by atoms with Crippen molar-refractivity contribution in [3.63, 3.8) is 0 Å². The Kier molecular flexibility index (Phi) is 4.59. The second-order valence-electron chi connectivity index (χ2n) is 4.14. The van der Waals surface area contributed by atoms with Gasteiger partial charge in [0.25, 0.3) is 0 Å². The molecule has 0 fully saturated rings. The maximum absolute atomic E-state index is 11.7. The first-order chi connectivity index (χ1) is 9.55. The summed E-state index contributed by atoms with van der Waals surface area (Å²) >= 11 is 0. The Balaban J connectivity index is 1.76. The monoisotopic (exact) mass is 296 g/mol. The maximum Gasteiger partial charge on any atom is 0.215 e. The average Bonchev–Trinajstić information content (AvgIpc) is 2.92. The molecular formula is C12H16N4O3S. The molecule has 0 spiro atoms. The molecule has 1 aromatic carbocycles. The van der Waals surface area contributed by atoms with Gasteiger partial charge in [0.05, 0.1) is 18.0 Å². The molecule has 0 radical (unpaired) electrons. The first kappa shape index (κ1) is 14.4. The third-order valence-electron chi connectivity index (χ3n) is 2.54. The lowest BCUT2D eigenvalue weighted by Gasteiger charge is -2.08. The van der Waals surface area contributed by atoms with Crippen molar-refractivity contribution < 1.29 is 13.2 Å². The van der Waals surface area contributed by atoms with Crippen LogP contribution in [0.2, 0.25) is 0 Å². The van der Waals surface area contributed by atoms with E-state index in [2.05, 4.69) is 14.9 Å². The maximum atomic E-state index is 11.7. The summed E-state index contributed by atoms with van der Waals surface area (Å²) < 4.78 is 31.2. The molecule has 0 saturated heterocycles. The van der Waals surface area contributed by atoms with E-state index in [0.717, 1.165) is 0 Å². The van der Waals surface area contributed by atoms with E-state index in [9.17, 15) is 8.42 Å². The molecule has 108 valence electrons. The molecule has 20 heavy (non-hydrogen) atoms. The van der Waals surface area contributed by atoms with Crippen LogP contribution in [0.15, 0.2) is 36.5 Å². The smallest absolute Gasteiger partial charge is 0.215 e. The number of nitrogens with one attached hydrogen (secondary N) is 2. The van der Waals surface area contributed by atoms with Crippen molar-refractivity contribution >= 4 is 15.7 Å². The van der Waals surface area contributed by atoms with Crippen molar-refractivity contribution in [3.8, 4) is 5.75 Å². The molecule has 1 aromatic heterocycles. The second-order valence-corrected chi connectivity index (χ2v) is 6.07. The van der Waals surface area contributed by atoms with Crippen molar-refractivity contribution in [2.75, 3.05) is 18.1 Å². The van der Waals surface area contributed by atoms with E-state index in [0.29, 0.717) is 17.1 Å². The summed E-state index contributed by atoms with van der Waals surface area (Å²) in [7, 11) is -3.38. The van der Waals surface area contributed by atoms with Crippen molar-refractivity contribution in [1.29, 1.82) is 0 Å². The predicted molar refractivity (Wildman–Crippen MR) is 75.6 cm³/mol. The van der Waals surface area contributed by atoms with Crippen LogP contribution in [0.1, 0.15) is 5.69 Å². The van der Waals surface area contributed by atoms with E-state index in [1.807, 2.05) is 0 Å². The molecule has 0 saturated carbocycles. The summed E-state index contributed by atoms with van der Waals surface area (Å²) in [6.45, 7) is 0.256. The van der Waals surface area contributed by atoms with E-state index in [4.69, 9.17) is 10.5 Å². The molecule has 0 aliphatic rings. The van der Waals surface area contributed by atoms with Crippen LogP contribution in [0.4, 0.5) is 5.69 Å². The SMILES string of the molecule is Nc1ccc(OCCS(=O)(=O)NCc2ccn[nH]2)cc1. The molecule has 0 aliphatic heterocycles. The highest BCUT2D eigenvalue weighted by Gasteiger charge is 2.10. The lowest BCUT2D eigenvalue weighted by Crippen LogP contribution is -2.28. The number of nitrogens with two attached hydrogens (primary N) is 1. The highest BCUT2D eigenvalue weighted by atomic mass is 32.2. The Bertz CT molecular complexity index is 623. The van der Waals surface area contributed by atoms with Crippen LogP contribution in [0.3, 0.4) is 0 Å². The van der Waals surface area contributed by atoms with E-state index in [1.165, 1.54) is 0 Å². The van der Waals surface area contributed by atoms with Gasteiger partial charge in [-0.25, -0.2) is 13.1 Å². The highest BCUT2D eigenvalue weighted by molar-refractivity contribution is 7.89. The molecule has 1 heterocycles. The predicted octanol–water partition coefficient (Wildman–Crippen LogP) is 0.490. The zero-order valence-electron chi connectivity index (χ0n) is 10.7. The van der Waals surface area contributed by atoms with Gasteiger partial charge in [-0.3, -0.25) is 5.10 Å². The topological polar surface area (TPSA) is 110 Å². The third kappa shape index (κ3) is 4.56. The third-order valence-corrected chi connectivity index (χ3v) is 3.83. The zero-order valence-corrected chi connectivity index (χ0v) is 11.6. The summed E-state index contributed by atoms with van der Waals surface area (Å²) in [5, 5.41) is 6.41. The van der Waals surface area contributed by atoms with Crippen LogP contribution in [0.5, 0.6) is 5.75 Å². The van der Waals surface area contributed by atoms with Gasteiger partial charge in [0.2, 0.25) is 10.0 Å². The van der Waals surface area contributed by atoms with Crippen molar-refractivity contribution in [2.24, 2.45) is 0 Å². The Morgan fingerprint density at radius 3 is 2.65 bits per heavy atom. The number of anilines is 1. The number of sulfonamides is 1. The fourth-order valence-electron chi connectivity index (χ4n) is 1.48. The minimum Gasteiger partial charge on any atom is -0.492 e. The van der Waals surface area contributed by atoms with Gasteiger partial charge >= 0.3 is 0 Å². The Hall–Kier alpha value is -2.06. The fourth-order valence-corrected chi connectivity index (χ4v) is 2.30. The molecule has 0 bridgehead atoms. The van der Waals surface area contributed by atoms with Gasteiger partial charge in [0, 0.05) is 11.9 Å². The van der Waals surface area contributed by atoms with Gasteiger partial charge in [-0.1, -0.05) is 0 Å². The Morgan fingerprint density at radius 1 is 1.25 bits per heavy atom. The van der Waals surface area contributed by atoms with E-state index < -0.39 is 10.0 Å². The molecule has 2 rings (SSSR count). The highest BCUT2D eigenvalue weighted by Crippen LogP contribution is 2.12. The Labute approximate surface area is 117 Å². The van der Waals surface area contributed by atoms with E-state index in [1.54, 1.807) is 36.5 Å². The number of rotatable bonds is 7. The summed E-state index contributed by atoms with van der Waals surface area (Å²) in [4.78, 5) is 0. The number of ether oxygens (including phenoxy) is 1. The van der Waals surface area contributed by atoms with Gasteiger partial charge in [0.1, 0.15) is 12.4 Å². The molecule has 0 amide bonds. The van der Waals surface area contributed by atoms with E-state index in [-0.39, 0.29) is 18.9 Å². The molecule has 2 aromatic rings. The number of nitrogens with zero attached hydrogens (tertiary/aromatic N) is 1. The molecule has 0 aliphatic carbocycles. The molecule has 0 atom stereocenters. The van der Waals surface area contributed by atoms with Crippen LogP contribution in [0.25, 0.3) is 0 Å². The molecule has 7 nitrogen and oxygen atoms in total. The quantitative estimate of drug-likeness (QED) is 0.644. The Morgan fingerprint density at radius 2 is 2.00 bits per heavy atom. The number of nitrogen functional groups attached to an aromatic ring is 1. The normalized spacial score (nSPS) is 11.4. The summed E-state index contributed by atoms with van der Waals surface area (Å²) in [5.74, 6) is 0.467.